The van der Waals surface area contributed by atoms with Crippen LogP contribution in [0.5, 0.6) is 5.75 Å². The number of ether oxygens (including phenoxy) is 1. The highest BCUT2D eigenvalue weighted by Crippen LogP contribution is 2.29. The molecule has 3 aromatic rings. The molecule has 4 rings (SSSR count). The van der Waals surface area contributed by atoms with Gasteiger partial charge in [0.1, 0.15) is 16.4 Å². The van der Waals surface area contributed by atoms with Crippen molar-refractivity contribution in [3.05, 3.63) is 97.1 Å². The average molecular weight is 388 g/mol. The number of methoxy groups -OCH3 is 1. The molecule has 0 atom stereocenters. The van der Waals surface area contributed by atoms with Gasteiger partial charge in [-0.1, -0.05) is 42.5 Å². The van der Waals surface area contributed by atoms with Gasteiger partial charge in [-0.2, -0.15) is 0 Å². The predicted octanol–water partition coefficient (Wildman–Crippen LogP) is 1.62. The molecule has 29 heavy (non-hydrogen) atoms. The Balaban J connectivity index is 1.95. The Bertz CT molecular complexity index is 1250. The molecule has 1 aliphatic carbocycles. The maximum Gasteiger partial charge on any atom is 0.275 e. The lowest BCUT2D eigenvalue weighted by molar-refractivity contribution is 0.415. The summed E-state index contributed by atoms with van der Waals surface area (Å²) >= 11 is 0. The molecule has 0 N–H and O–H groups in total. The van der Waals surface area contributed by atoms with Crippen LogP contribution in [0.2, 0.25) is 0 Å². The lowest BCUT2D eigenvalue weighted by Gasteiger charge is -2.10. The number of hydrogen-bond donors (Lipinski definition) is 0. The van der Waals surface area contributed by atoms with Crippen LogP contribution in [-0.4, -0.2) is 16.2 Å². The molecular weight excluding hydrogens is 364 g/mol. The van der Waals surface area contributed by atoms with Gasteiger partial charge in [0.25, 0.3) is 11.1 Å². The van der Waals surface area contributed by atoms with E-state index in [2.05, 4.69) is 0 Å². The van der Waals surface area contributed by atoms with Crippen LogP contribution in [-0.2, 0) is 13.6 Å². The molecule has 0 aliphatic heterocycles. The van der Waals surface area contributed by atoms with Gasteiger partial charge in [-0.3, -0.25) is 9.59 Å². The minimum absolute atomic E-state index is 0.142. The van der Waals surface area contributed by atoms with Crippen LogP contribution in [0.1, 0.15) is 24.0 Å². The smallest absolute Gasteiger partial charge is 0.275 e. The van der Waals surface area contributed by atoms with Gasteiger partial charge in [-0.15, -0.1) is 0 Å². The summed E-state index contributed by atoms with van der Waals surface area (Å²) in [7, 11) is 3.27. The van der Waals surface area contributed by atoms with Crippen LogP contribution in [0.15, 0.2) is 64.2 Å². The molecule has 0 saturated heterocycles. The molecule has 5 nitrogen and oxygen atoms in total. The van der Waals surface area contributed by atoms with E-state index in [1.165, 1.54) is 4.57 Å². The van der Waals surface area contributed by atoms with Crippen molar-refractivity contribution in [2.24, 2.45) is 13.0 Å². The first-order valence-electron chi connectivity index (χ1n) is 9.79. The molecule has 0 spiro atoms. The Hall–Kier alpha value is -3.34. The number of hydrogen-bond acceptors (Lipinski definition) is 3. The first-order valence-corrected chi connectivity index (χ1v) is 9.79. The van der Waals surface area contributed by atoms with Crippen molar-refractivity contribution in [2.45, 2.75) is 19.4 Å². The van der Waals surface area contributed by atoms with E-state index in [-0.39, 0.29) is 11.1 Å². The van der Waals surface area contributed by atoms with Crippen molar-refractivity contribution in [2.75, 3.05) is 7.11 Å². The zero-order chi connectivity index (χ0) is 20.4. The Morgan fingerprint density at radius 3 is 2.14 bits per heavy atom. The molecule has 148 valence electrons. The maximum atomic E-state index is 13.4. The van der Waals surface area contributed by atoms with E-state index in [4.69, 9.17) is 4.74 Å². The molecule has 1 aromatic heterocycles. The standard InChI is InChI=1S/C24H24N2O3/c1-25-21(14-18-10-12-20(29-2)13-11-18)24(28)26(16-19-8-9-19)22(23(25)27)15-17-6-4-3-5-7-17/h3-7,10-15,19H,8-9,16H2,1-2H3. The topological polar surface area (TPSA) is 53.2 Å². The monoisotopic (exact) mass is 388 g/mol. The first-order chi connectivity index (χ1) is 14.1. The lowest BCUT2D eigenvalue weighted by atomic mass is 10.2. The minimum Gasteiger partial charge on any atom is -0.497 e. The second kappa shape index (κ2) is 7.95. The molecule has 1 fully saturated rings. The molecular formula is C24H24N2O3. The molecule has 1 heterocycles. The van der Waals surface area contributed by atoms with Crippen molar-refractivity contribution < 1.29 is 4.74 Å². The summed E-state index contributed by atoms with van der Waals surface area (Å²) in [6, 6.07) is 17.1. The molecule has 5 heteroatoms. The van der Waals surface area contributed by atoms with Gasteiger partial charge in [0.2, 0.25) is 0 Å². The Kier molecular flexibility index (Phi) is 5.21. The third kappa shape index (κ3) is 4.09. The van der Waals surface area contributed by atoms with Gasteiger partial charge in [0.15, 0.2) is 0 Å². The summed E-state index contributed by atoms with van der Waals surface area (Å²) in [6.07, 6.45) is 5.77. The van der Waals surface area contributed by atoms with Gasteiger partial charge in [0.05, 0.1) is 7.11 Å². The molecule has 0 bridgehead atoms. The Morgan fingerprint density at radius 2 is 1.52 bits per heavy atom. The van der Waals surface area contributed by atoms with Gasteiger partial charge in [0, 0.05) is 13.6 Å². The third-order valence-electron chi connectivity index (χ3n) is 5.30. The number of nitrogens with zero attached hydrogens (tertiary/aromatic N) is 2. The summed E-state index contributed by atoms with van der Waals surface area (Å²) in [4.78, 5) is 26.6. The zero-order valence-corrected chi connectivity index (χ0v) is 16.7. The van der Waals surface area contributed by atoms with E-state index in [1.807, 2.05) is 60.7 Å². The zero-order valence-electron chi connectivity index (χ0n) is 16.7. The van der Waals surface area contributed by atoms with Crippen LogP contribution in [0.25, 0.3) is 12.2 Å². The molecule has 1 aliphatic rings. The molecule has 2 aromatic carbocycles. The summed E-state index contributed by atoms with van der Waals surface area (Å²) < 4.78 is 8.29. The first kappa shape index (κ1) is 19.0. The predicted molar refractivity (Wildman–Crippen MR) is 114 cm³/mol. The number of rotatable bonds is 5. The maximum absolute atomic E-state index is 13.4. The second-order valence-corrected chi connectivity index (χ2v) is 7.47. The summed E-state index contributed by atoms with van der Waals surface area (Å²) in [6.45, 7) is 0.580. The van der Waals surface area contributed by atoms with Gasteiger partial charge in [-0.05, 0) is 54.2 Å². The van der Waals surface area contributed by atoms with E-state index < -0.39 is 0 Å². The Morgan fingerprint density at radius 1 is 0.897 bits per heavy atom. The molecule has 1 saturated carbocycles. The van der Waals surface area contributed by atoms with Gasteiger partial charge in [-0.25, -0.2) is 0 Å². The fraction of sp³-hybridized carbons (Fsp3) is 0.250. The summed E-state index contributed by atoms with van der Waals surface area (Å²) in [5, 5.41) is 0.813. The van der Waals surface area contributed by atoms with Gasteiger partial charge < -0.3 is 13.9 Å². The number of aromatic nitrogens is 2. The van der Waals surface area contributed by atoms with Crippen molar-refractivity contribution in [3.63, 3.8) is 0 Å². The normalized spacial score (nSPS) is 15.0. The highest BCUT2D eigenvalue weighted by atomic mass is 16.5. The van der Waals surface area contributed by atoms with E-state index in [0.717, 1.165) is 29.7 Å². The van der Waals surface area contributed by atoms with E-state index >= 15 is 0 Å². The highest BCUT2D eigenvalue weighted by molar-refractivity contribution is 5.50. The van der Waals surface area contributed by atoms with E-state index in [0.29, 0.717) is 23.2 Å². The fourth-order valence-corrected chi connectivity index (χ4v) is 3.39. The highest BCUT2D eigenvalue weighted by Gasteiger charge is 2.23. The average Bonchev–Trinajstić information content (AvgIpc) is 3.57. The largest absolute Gasteiger partial charge is 0.497 e. The SMILES string of the molecule is COc1ccc(C=c2c(=O)n(CC3CC3)c(=Cc3ccccc3)c(=O)n2C)cc1. The van der Waals surface area contributed by atoms with Crippen molar-refractivity contribution in [1.82, 2.24) is 9.13 Å². The lowest BCUT2D eigenvalue weighted by Crippen LogP contribution is -2.57. The van der Waals surface area contributed by atoms with Crippen LogP contribution >= 0.6 is 0 Å². The fourth-order valence-electron chi connectivity index (χ4n) is 3.39. The van der Waals surface area contributed by atoms with Crippen molar-refractivity contribution in [1.29, 1.82) is 0 Å². The third-order valence-corrected chi connectivity index (χ3v) is 5.30. The van der Waals surface area contributed by atoms with E-state index in [1.54, 1.807) is 24.8 Å². The van der Waals surface area contributed by atoms with Crippen molar-refractivity contribution in [3.8, 4) is 5.75 Å². The van der Waals surface area contributed by atoms with Gasteiger partial charge >= 0.3 is 0 Å². The minimum atomic E-state index is -0.172. The second-order valence-electron chi connectivity index (χ2n) is 7.47. The quantitative estimate of drug-likeness (QED) is 0.668. The van der Waals surface area contributed by atoms with E-state index in [9.17, 15) is 9.59 Å². The van der Waals surface area contributed by atoms with Crippen LogP contribution in [0.3, 0.4) is 0 Å². The van der Waals surface area contributed by atoms with Crippen LogP contribution < -0.4 is 26.6 Å². The molecule has 0 amide bonds. The number of benzene rings is 2. The van der Waals surface area contributed by atoms with Crippen LogP contribution in [0.4, 0.5) is 0 Å². The summed E-state index contributed by atoms with van der Waals surface area (Å²) in [5.41, 5.74) is 1.43. The molecule has 0 radical (unpaired) electrons. The Labute approximate surface area is 168 Å². The summed E-state index contributed by atoms with van der Waals surface area (Å²) in [5.74, 6) is 1.21. The van der Waals surface area contributed by atoms with Crippen molar-refractivity contribution >= 4 is 12.2 Å². The van der Waals surface area contributed by atoms with Crippen LogP contribution in [0, 0.1) is 5.92 Å². The molecule has 0 unspecified atom stereocenters.